The molecule has 0 aliphatic heterocycles. The Morgan fingerprint density at radius 2 is 2.00 bits per heavy atom. The van der Waals surface area contributed by atoms with Crippen LogP contribution in [-0.2, 0) is 6.42 Å². The number of hydrogen-bond donors (Lipinski definition) is 1. The minimum absolute atomic E-state index is 0.101. The Bertz CT molecular complexity index is 284. The highest BCUT2D eigenvalue weighted by molar-refractivity contribution is 6.36. The standard InChI is InChI=1S/C9H10Cl2O/c1-2-3-6-7(10)4-5-8(12)9(6)11/h4-5,12H,2-3H2,1H3. The summed E-state index contributed by atoms with van der Waals surface area (Å²) >= 11 is 11.7. The van der Waals surface area contributed by atoms with Gasteiger partial charge >= 0.3 is 0 Å². The van der Waals surface area contributed by atoms with Crippen LogP contribution in [0.15, 0.2) is 12.1 Å². The Balaban J connectivity index is 3.14. The van der Waals surface area contributed by atoms with Gasteiger partial charge in [-0.25, -0.2) is 0 Å². The molecule has 0 aliphatic carbocycles. The molecule has 0 spiro atoms. The fraction of sp³-hybridized carbons (Fsp3) is 0.333. The normalized spacial score (nSPS) is 10.2. The summed E-state index contributed by atoms with van der Waals surface area (Å²) < 4.78 is 0. The number of phenols is 1. The van der Waals surface area contributed by atoms with Gasteiger partial charge in [-0.3, -0.25) is 0 Å². The van der Waals surface area contributed by atoms with E-state index in [2.05, 4.69) is 0 Å². The zero-order valence-electron chi connectivity index (χ0n) is 6.77. The van der Waals surface area contributed by atoms with Crippen LogP contribution in [0.1, 0.15) is 18.9 Å². The predicted octanol–water partition coefficient (Wildman–Crippen LogP) is 3.65. The summed E-state index contributed by atoms with van der Waals surface area (Å²) in [4.78, 5) is 0. The third-order valence-electron chi connectivity index (χ3n) is 1.67. The van der Waals surface area contributed by atoms with E-state index in [4.69, 9.17) is 23.2 Å². The van der Waals surface area contributed by atoms with Crippen LogP contribution in [0.25, 0.3) is 0 Å². The molecule has 0 saturated heterocycles. The number of hydrogen-bond acceptors (Lipinski definition) is 1. The summed E-state index contributed by atoms with van der Waals surface area (Å²) in [5.41, 5.74) is 0.834. The second kappa shape index (κ2) is 4.01. The second-order valence-electron chi connectivity index (χ2n) is 2.61. The molecule has 1 nitrogen and oxygen atoms in total. The maximum atomic E-state index is 9.26. The van der Waals surface area contributed by atoms with Crippen molar-refractivity contribution in [1.82, 2.24) is 0 Å². The molecule has 0 aliphatic rings. The van der Waals surface area contributed by atoms with E-state index >= 15 is 0 Å². The molecule has 1 aromatic carbocycles. The van der Waals surface area contributed by atoms with Crippen molar-refractivity contribution in [3.63, 3.8) is 0 Å². The van der Waals surface area contributed by atoms with Crippen molar-refractivity contribution in [2.75, 3.05) is 0 Å². The smallest absolute Gasteiger partial charge is 0.134 e. The maximum Gasteiger partial charge on any atom is 0.134 e. The number of halogens is 2. The summed E-state index contributed by atoms with van der Waals surface area (Å²) in [6, 6.07) is 3.16. The summed E-state index contributed by atoms with van der Waals surface area (Å²) in [6.45, 7) is 2.04. The van der Waals surface area contributed by atoms with E-state index in [-0.39, 0.29) is 5.75 Å². The van der Waals surface area contributed by atoms with Crippen molar-refractivity contribution in [2.24, 2.45) is 0 Å². The molecule has 0 heterocycles. The Morgan fingerprint density at radius 3 is 2.58 bits per heavy atom. The molecule has 0 unspecified atom stereocenters. The Morgan fingerprint density at radius 1 is 1.33 bits per heavy atom. The SMILES string of the molecule is CCCc1c(Cl)ccc(O)c1Cl. The topological polar surface area (TPSA) is 20.2 Å². The van der Waals surface area contributed by atoms with Gasteiger partial charge in [-0.2, -0.15) is 0 Å². The van der Waals surface area contributed by atoms with Crippen molar-refractivity contribution < 1.29 is 5.11 Å². The van der Waals surface area contributed by atoms with Gasteiger partial charge in [-0.1, -0.05) is 36.5 Å². The zero-order valence-corrected chi connectivity index (χ0v) is 8.28. The van der Waals surface area contributed by atoms with Gasteiger partial charge in [-0.15, -0.1) is 0 Å². The van der Waals surface area contributed by atoms with Gasteiger partial charge in [0.2, 0.25) is 0 Å². The molecule has 0 radical (unpaired) electrons. The lowest BCUT2D eigenvalue weighted by Crippen LogP contribution is -1.86. The molecule has 0 bridgehead atoms. The Kier molecular flexibility index (Phi) is 3.24. The van der Waals surface area contributed by atoms with Crippen LogP contribution in [-0.4, -0.2) is 5.11 Å². The highest BCUT2D eigenvalue weighted by Crippen LogP contribution is 2.32. The fourth-order valence-electron chi connectivity index (χ4n) is 1.06. The van der Waals surface area contributed by atoms with E-state index in [1.807, 2.05) is 6.92 Å². The summed E-state index contributed by atoms with van der Waals surface area (Å²) in [5.74, 6) is 0.101. The van der Waals surface area contributed by atoms with Crippen molar-refractivity contribution in [2.45, 2.75) is 19.8 Å². The third-order valence-corrected chi connectivity index (χ3v) is 2.44. The average molecular weight is 205 g/mol. The first-order valence-corrected chi connectivity index (χ1v) is 4.58. The van der Waals surface area contributed by atoms with Gasteiger partial charge in [0.25, 0.3) is 0 Å². The molecule has 0 amide bonds. The molecule has 12 heavy (non-hydrogen) atoms. The fourth-order valence-corrected chi connectivity index (χ4v) is 1.62. The summed E-state index contributed by atoms with van der Waals surface area (Å²) in [6.07, 6.45) is 1.76. The van der Waals surface area contributed by atoms with Crippen LogP contribution in [0, 0.1) is 0 Å². The number of phenolic OH excluding ortho intramolecular Hbond substituents is 1. The molecule has 66 valence electrons. The number of rotatable bonds is 2. The largest absolute Gasteiger partial charge is 0.506 e. The molecule has 0 fully saturated rings. The Labute approximate surface area is 81.9 Å². The van der Waals surface area contributed by atoms with Gasteiger partial charge in [0, 0.05) is 5.02 Å². The van der Waals surface area contributed by atoms with E-state index < -0.39 is 0 Å². The van der Waals surface area contributed by atoms with Gasteiger partial charge in [0.1, 0.15) is 5.75 Å². The molecular weight excluding hydrogens is 195 g/mol. The monoisotopic (exact) mass is 204 g/mol. The van der Waals surface area contributed by atoms with E-state index in [1.165, 1.54) is 6.07 Å². The molecule has 0 atom stereocenters. The predicted molar refractivity (Wildman–Crippen MR) is 52.1 cm³/mol. The molecule has 0 aromatic heterocycles. The van der Waals surface area contributed by atoms with Crippen molar-refractivity contribution in [1.29, 1.82) is 0 Å². The van der Waals surface area contributed by atoms with Crippen molar-refractivity contribution >= 4 is 23.2 Å². The second-order valence-corrected chi connectivity index (χ2v) is 3.39. The van der Waals surface area contributed by atoms with Crippen LogP contribution in [0.3, 0.4) is 0 Å². The highest BCUT2D eigenvalue weighted by Gasteiger charge is 2.08. The van der Waals surface area contributed by atoms with Crippen LogP contribution in [0.5, 0.6) is 5.75 Å². The van der Waals surface area contributed by atoms with E-state index in [1.54, 1.807) is 6.07 Å². The molecule has 0 saturated carbocycles. The maximum absolute atomic E-state index is 9.26. The zero-order chi connectivity index (χ0) is 9.14. The van der Waals surface area contributed by atoms with Crippen LogP contribution in [0.2, 0.25) is 10.0 Å². The molecule has 1 N–H and O–H groups in total. The Hall–Kier alpha value is -0.400. The van der Waals surface area contributed by atoms with Gasteiger partial charge in [0.15, 0.2) is 0 Å². The van der Waals surface area contributed by atoms with E-state index in [0.717, 1.165) is 18.4 Å². The summed E-state index contributed by atoms with van der Waals surface area (Å²) in [7, 11) is 0. The lowest BCUT2D eigenvalue weighted by molar-refractivity contribution is 0.475. The van der Waals surface area contributed by atoms with Crippen LogP contribution in [0.4, 0.5) is 0 Å². The van der Waals surface area contributed by atoms with E-state index in [0.29, 0.717) is 10.0 Å². The molecule has 1 aromatic rings. The van der Waals surface area contributed by atoms with Gasteiger partial charge in [-0.05, 0) is 24.1 Å². The summed E-state index contributed by atoms with van der Waals surface area (Å²) in [5, 5.41) is 10.3. The lowest BCUT2D eigenvalue weighted by Gasteiger charge is -2.06. The quantitative estimate of drug-likeness (QED) is 0.781. The molecule has 3 heteroatoms. The number of benzene rings is 1. The first-order valence-electron chi connectivity index (χ1n) is 3.82. The number of aromatic hydroxyl groups is 1. The highest BCUT2D eigenvalue weighted by atomic mass is 35.5. The lowest BCUT2D eigenvalue weighted by atomic mass is 10.1. The first-order chi connectivity index (χ1) is 5.66. The van der Waals surface area contributed by atoms with E-state index in [9.17, 15) is 5.11 Å². The van der Waals surface area contributed by atoms with Crippen molar-refractivity contribution in [3.8, 4) is 5.75 Å². The van der Waals surface area contributed by atoms with Gasteiger partial charge < -0.3 is 5.11 Å². The third kappa shape index (κ3) is 1.85. The molecule has 1 rings (SSSR count). The van der Waals surface area contributed by atoms with Crippen LogP contribution < -0.4 is 0 Å². The van der Waals surface area contributed by atoms with Crippen molar-refractivity contribution in [3.05, 3.63) is 27.7 Å². The van der Waals surface area contributed by atoms with Crippen LogP contribution >= 0.6 is 23.2 Å². The van der Waals surface area contributed by atoms with Gasteiger partial charge in [0.05, 0.1) is 5.02 Å². The average Bonchev–Trinajstić information content (AvgIpc) is 2.06. The molecular formula is C9H10Cl2O. The minimum atomic E-state index is 0.101. The minimum Gasteiger partial charge on any atom is -0.506 e. The first kappa shape index (κ1) is 9.69.